The lowest BCUT2D eigenvalue weighted by Gasteiger charge is -2.21. The van der Waals surface area contributed by atoms with Crippen LogP contribution in [-0.4, -0.2) is 31.7 Å². The van der Waals surface area contributed by atoms with Gasteiger partial charge < -0.3 is 5.32 Å². The Morgan fingerprint density at radius 2 is 1.82 bits per heavy atom. The number of halogens is 3. The van der Waals surface area contributed by atoms with Gasteiger partial charge in [0.1, 0.15) is 0 Å². The van der Waals surface area contributed by atoms with E-state index in [-0.39, 0.29) is 6.54 Å². The Hall–Kier alpha value is -2.65. The predicted octanol–water partition coefficient (Wildman–Crippen LogP) is 3.83. The molecule has 0 radical (unpaired) electrons. The molecule has 2 rings (SSSR count). The van der Waals surface area contributed by atoms with Crippen LogP contribution in [0, 0.1) is 6.92 Å². The molecule has 0 aliphatic rings. The first kappa shape index (κ1) is 21.6. The van der Waals surface area contributed by atoms with Crippen molar-refractivity contribution >= 4 is 21.6 Å². The summed E-state index contributed by atoms with van der Waals surface area (Å²) in [4.78, 5) is 11.7. The zero-order valence-electron chi connectivity index (χ0n) is 15.0. The van der Waals surface area contributed by atoms with E-state index in [0.29, 0.717) is 11.8 Å². The van der Waals surface area contributed by atoms with Gasteiger partial charge in [0, 0.05) is 12.2 Å². The molecule has 0 unspecified atom stereocenters. The number of carbonyl (C=O) groups is 1. The molecule has 2 aromatic rings. The van der Waals surface area contributed by atoms with Crippen LogP contribution in [0.25, 0.3) is 0 Å². The maximum absolute atomic E-state index is 12.9. The van der Waals surface area contributed by atoms with Crippen molar-refractivity contribution in [3.8, 4) is 0 Å². The van der Waals surface area contributed by atoms with Crippen LogP contribution in [0.4, 0.5) is 18.9 Å². The van der Waals surface area contributed by atoms with Gasteiger partial charge in [-0.25, -0.2) is 8.42 Å². The molecule has 28 heavy (non-hydrogen) atoms. The molecular formula is C19H19F3N2O3S. The van der Waals surface area contributed by atoms with Crippen molar-refractivity contribution in [3.63, 3.8) is 0 Å². The van der Waals surface area contributed by atoms with Gasteiger partial charge in [0.25, 0.3) is 0 Å². The van der Waals surface area contributed by atoms with Crippen molar-refractivity contribution in [1.82, 2.24) is 4.31 Å². The number of hydrogen-bond acceptors (Lipinski definition) is 3. The number of rotatable bonds is 7. The fraction of sp³-hybridized carbons (Fsp3) is 0.211. The molecule has 1 amide bonds. The Bertz CT molecular complexity index is 955. The van der Waals surface area contributed by atoms with E-state index in [9.17, 15) is 26.4 Å². The topological polar surface area (TPSA) is 66.5 Å². The molecular weight excluding hydrogens is 393 g/mol. The lowest BCUT2D eigenvalue weighted by atomic mass is 10.2. The normalized spacial score (nSPS) is 12.0. The van der Waals surface area contributed by atoms with E-state index < -0.39 is 39.1 Å². The number of carbonyl (C=O) groups excluding carboxylic acids is 1. The molecule has 0 aromatic heterocycles. The first-order valence-electron chi connectivity index (χ1n) is 8.19. The average molecular weight is 412 g/mol. The number of benzene rings is 2. The molecule has 0 spiro atoms. The fourth-order valence-corrected chi connectivity index (χ4v) is 3.78. The maximum Gasteiger partial charge on any atom is 0.416 e. The Balaban J connectivity index is 2.25. The second-order valence-corrected chi connectivity index (χ2v) is 7.96. The third kappa shape index (κ3) is 5.43. The van der Waals surface area contributed by atoms with Crippen LogP contribution in [0.5, 0.6) is 0 Å². The van der Waals surface area contributed by atoms with Crippen LogP contribution in [0.2, 0.25) is 0 Å². The summed E-state index contributed by atoms with van der Waals surface area (Å²) in [7, 11) is -4.34. The van der Waals surface area contributed by atoms with Crippen LogP contribution in [0.3, 0.4) is 0 Å². The minimum atomic E-state index is -4.68. The Morgan fingerprint density at radius 3 is 2.39 bits per heavy atom. The minimum absolute atomic E-state index is 0.236. The number of hydrogen-bond donors (Lipinski definition) is 1. The summed E-state index contributed by atoms with van der Waals surface area (Å²) in [5.41, 5.74) is 0.375. The number of amides is 1. The molecule has 0 aliphatic carbocycles. The van der Waals surface area contributed by atoms with Crippen molar-refractivity contribution in [3.05, 3.63) is 72.3 Å². The highest BCUT2D eigenvalue weighted by atomic mass is 32.2. The highest BCUT2D eigenvalue weighted by Gasteiger charge is 2.33. The molecule has 2 aromatic carbocycles. The second-order valence-electron chi connectivity index (χ2n) is 6.03. The van der Waals surface area contributed by atoms with E-state index in [2.05, 4.69) is 11.9 Å². The SMILES string of the molecule is C=CCN(CC(=O)Nc1ccc(C)cc1)S(=O)(=O)c1cccc(C(F)(F)F)c1. The summed E-state index contributed by atoms with van der Waals surface area (Å²) in [6.45, 7) is 4.51. The molecule has 0 saturated heterocycles. The van der Waals surface area contributed by atoms with Crippen LogP contribution in [-0.2, 0) is 21.0 Å². The summed E-state index contributed by atoms with van der Waals surface area (Å²) in [5.74, 6) is -0.624. The van der Waals surface area contributed by atoms with Crippen molar-refractivity contribution in [2.75, 3.05) is 18.4 Å². The summed E-state index contributed by atoms with van der Waals surface area (Å²) in [6, 6.07) is 10.3. The van der Waals surface area contributed by atoms with E-state index in [1.165, 1.54) is 6.08 Å². The number of anilines is 1. The van der Waals surface area contributed by atoms with Crippen molar-refractivity contribution < 1.29 is 26.4 Å². The molecule has 0 fully saturated rings. The molecule has 1 N–H and O–H groups in total. The van der Waals surface area contributed by atoms with Gasteiger partial charge in [-0.2, -0.15) is 17.5 Å². The highest BCUT2D eigenvalue weighted by molar-refractivity contribution is 7.89. The predicted molar refractivity (Wildman–Crippen MR) is 100 cm³/mol. The second kappa shape index (κ2) is 8.57. The fourth-order valence-electron chi connectivity index (χ4n) is 2.37. The largest absolute Gasteiger partial charge is 0.416 e. The standard InChI is InChI=1S/C19H19F3N2O3S/c1-3-11-24(13-18(25)23-16-9-7-14(2)8-10-16)28(26,27)17-6-4-5-15(12-17)19(20,21)22/h3-10,12H,1,11,13H2,2H3,(H,23,25). The third-order valence-electron chi connectivity index (χ3n) is 3.79. The first-order valence-corrected chi connectivity index (χ1v) is 9.63. The van der Waals surface area contributed by atoms with E-state index in [1.807, 2.05) is 6.92 Å². The van der Waals surface area contributed by atoms with Crippen LogP contribution < -0.4 is 5.32 Å². The van der Waals surface area contributed by atoms with Gasteiger partial charge in [0.05, 0.1) is 17.0 Å². The van der Waals surface area contributed by atoms with E-state index in [0.717, 1.165) is 28.1 Å². The Labute approximate surface area is 161 Å². The lowest BCUT2D eigenvalue weighted by Crippen LogP contribution is -2.38. The Morgan fingerprint density at radius 1 is 1.18 bits per heavy atom. The number of aryl methyl sites for hydroxylation is 1. The maximum atomic E-state index is 12.9. The summed E-state index contributed by atoms with van der Waals surface area (Å²) in [5, 5.41) is 2.56. The number of sulfonamides is 1. The van der Waals surface area contributed by atoms with Crippen LogP contribution in [0.15, 0.2) is 66.1 Å². The Kier molecular flexibility index (Phi) is 6.63. The smallest absolute Gasteiger partial charge is 0.325 e. The summed E-state index contributed by atoms with van der Waals surface area (Å²) >= 11 is 0. The highest BCUT2D eigenvalue weighted by Crippen LogP contribution is 2.31. The molecule has 0 aliphatic heterocycles. The van der Waals surface area contributed by atoms with E-state index in [1.54, 1.807) is 24.3 Å². The van der Waals surface area contributed by atoms with Crippen molar-refractivity contribution in [1.29, 1.82) is 0 Å². The third-order valence-corrected chi connectivity index (χ3v) is 5.59. The van der Waals surface area contributed by atoms with Crippen molar-refractivity contribution in [2.45, 2.75) is 18.0 Å². The molecule has 0 saturated carbocycles. The zero-order valence-corrected chi connectivity index (χ0v) is 15.8. The van der Waals surface area contributed by atoms with Crippen LogP contribution >= 0.6 is 0 Å². The van der Waals surface area contributed by atoms with Crippen LogP contribution in [0.1, 0.15) is 11.1 Å². The van der Waals surface area contributed by atoms with E-state index in [4.69, 9.17) is 0 Å². The van der Waals surface area contributed by atoms with Crippen molar-refractivity contribution in [2.24, 2.45) is 0 Å². The van der Waals surface area contributed by atoms with Gasteiger partial charge in [0.2, 0.25) is 15.9 Å². The molecule has 0 heterocycles. The summed E-state index contributed by atoms with van der Waals surface area (Å²) < 4.78 is 65.0. The molecule has 9 heteroatoms. The first-order chi connectivity index (χ1) is 13.0. The zero-order chi connectivity index (χ0) is 20.9. The quantitative estimate of drug-likeness (QED) is 0.703. The summed E-state index contributed by atoms with van der Waals surface area (Å²) in [6.07, 6.45) is -3.43. The van der Waals surface area contributed by atoms with Gasteiger partial charge in [-0.1, -0.05) is 29.8 Å². The van der Waals surface area contributed by atoms with Gasteiger partial charge in [-0.05, 0) is 37.3 Å². The van der Waals surface area contributed by atoms with Gasteiger partial charge in [0.15, 0.2) is 0 Å². The monoisotopic (exact) mass is 412 g/mol. The van der Waals surface area contributed by atoms with Gasteiger partial charge in [-0.3, -0.25) is 4.79 Å². The molecule has 150 valence electrons. The average Bonchev–Trinajstić information content (AvgIpc) is 2.62. The van der Waals surface area contributed by atoms with Gasteiger partial charge in [-0.15, -0.1) is 6.58 Å². The van der Waals surface area contributed by atoms with Gasteiger partial charge >= 0.3 is 6.18 Å². The van der Waals surface area contributed by atoms with E-state index >= 15 is 0 Å². The minimum Gasteiger partial charge on any atom is -0.325 e. The molecule has 5 nitrogen and oxygen atoms in total. The lowest BCUT2D eigenvalue weighted by molar-refractivity contribution is -0.137. The number of nitrogens with one attached hydrogen (secondary N) is 1. The molecule has 0 bridgehead atoms. The number of alkyl halides is 3. The number of nitrogens with zero attached hydrogens (tertiary/aromatic N) is 1. The molecule has 0 atom stereocenters.